The van der Waals surface area contributed by atoms with Gasteiger partial charge < -0.3 is 0 Å². The van der Waals surface area contributed by atoms with Crippen LogP contribution in [0.4, 0.5) is 13.2 Å². The maximum atomic E-state index is 13.1. The predicted octanol–water partition coefficient (Wildman–Crippen LogP) is 3.59. The Balaban J connectivity index is 2.19. The summed E-state index contributed by atoms with van der Waals surface area (Å²) in [5.41, 5.74) is 0.232. The molecule has 0 fully saturated rings. The second-order valence-corrected chi connectivity index (χ2v) is 8.41. The number of nitrogens with zero attached hydrogens (tertiary/aromatic N) is 2. The number of hydrogen-bond donors (Lipinski definition) is 0. The Hall–Kier alpha value is -1.90. The lowest BCUT2D eigenvalue weighted by molar-refractivity contribution is -0.138. The summed E-state index contributed by atoms with van der Waals surface area (Å²) < 4.78 is 64.8. The Morgan fingerprint density at radius 2 is 1.58 bits per heavy atom. The number of halogens is 3. The maximum Gasteiger partial charge on any atom is 0.416 e. The first-order valence-corrected chi connectivity index (χ1v) is 9.31. The van der Waals surface area contributed by atoms with Crippen LogP contribution in [0.1, 0.15) is 16.7 Å². The molecule has 8 heteroatoms. The summed E-state index contributed by atoms with van der Waals surface area (Å²) in [6.45, 7) is 0.420. The van der Waals surface area contributed by atoms with E-state index in [9.17, 15) is 21.6 Å². The lowest BCUT2D eigenvalue weighted by atomic mass is 10.1. The van der Waals surface area contributed by atoms with E-state index in [1.165, 1.54) is 32.3 Å². The minimum absolute atomic E-state index is 0.0976. The van der Waals surface area contributed by atoms with Gasteiger partial charge in [0.15, 0.2) is 0 Å². The molecule has 4 nitrogen and oxygen atoms in total. The van der Waals surface area contributed by atoms with Gasteiger partial charge in [0.05, 0.1) is 10.5 Å². The summed E-state index contributed by atoms with van der Waals surface area (Å²) in [5.74, 6) is 0. The van der Waals surface area contributed by atoms with Crippen molar-refractivity contribution in [1.82, 2.24) is 9.21 Å². The molecule has 0 heterocycles. The third-order valence-electron chi connectivity index (χ3n) is 3.89. The third-order valence-corrected chi connectivity index (χ3v) is 5.70. The van der Waals surface area contributed by atoms with Gasteiger partial charge in [-0.25, -0.2) is 12.7 Å². The monoisotopic (exact) mass is 386 g/mol. The molecule has 0 aliphatic heterocycles. The van der Waals surface area contributed by atoms with Gasteiger partial charge in [-0.3, -0.25) is 4.90 Å². The molecule has 0 saturated carbocycles. The zero-order valence-electron chi connectivity index (χ0n) is 14.8. The summed E-state index contributed by atoms with van der Waals surface area (Å²) in [6, 6.07) is 11.9. The van der Waals surface area contributed by atoms with Gasteiger partial charge in [-0.15, -0.1) is 0 Å². The van der Waals surface area contributed by atoms with Gasteiger partial charge in [0.25, 0.3) is 0 Å². The molecule has 0 aromatic heterocycles. The van der Waals surface area contributed by atoms with Gasteiger partial charge in [-0.1, -0.05) is 30.3 Å². The van der Waals surface area contributed by atoms with Gasteiger partial charge >= 0.3 is 6.18 Å². The van der Waals surface area contributed by atoms with Crippen molar-refractivity contribution in [3.63, 3.8) is 0 Å². The molecular formula is C18H21F3N2O2S. The lowest BCUT2D eigenvalue weighted by Gasteiger charge is -2.20. The van der Waals surface area contributed by atoms with E-state index in [2.05, 4.69) is 0 Å². The van der Waals surface area contributed by atoms with Crippen LogP contribution in [0.25, 0.3) is 0 Å². The summed E-state index contributed by atoms with van der Waals surface area (Å²) in [5, 5.41) is 0. The molecule has 0 aliphatic carbocycles. The zero-order chi connectivity index (χ0) is 19.5. The van der Waals surface area contributed by atoms with Gasteiger partial charge in [0.2, 0.25) is 10.0 Å². The van der Waals surface area contributed by atoms with Crippen LogP contribution in [0, 0.1) is 0 Å². The van der Waals surface area contributed by atoms with Crippen LogP contribution in [0.15, 0.2) is 53.4 Å². The summed E-state index contributed by atoms with van der Waals surface area (Å²) in [6.07, 6.45) is -4.41. The standard InChI is InChI=1S/C18H21F3N2O2S/c1-22(2)26(24,25)16-9-6-7-14(11-16)12-23(3)13-15-8-4-5-10-17(15)18(19,20)21/h4-11H,12-13H2,1-3H3. The topological polar surface area (TPSA) is 40.6 Å². The quantitative estimate of drug-likeness (QED) is 0.762. The van der Waals surface area contributed by atoms with E-state index >= 15 is 0 Å². The van der Waals surface area contributed by atoms with E-state index in [0.29, 0.717) is 12.1 Å². The van der Waals surface area contributed by atoms with Crippen molar-refractivity contribution in [3.05, 3.63) is 65.2 Å². The van der Waals surface area contributed by atoms with Crippen molar-refractivity contribution in [1.29, 1.82) is 0 Å². The first-order valence-electron chi connectivity index (χ1n) is 7.87. The smallest absolute Gasteiger partial charge is 0.298 e. The molecule has 0 N–H and O–H groups in total. The highest BCUT2D eigenvalue weighted by atomic mass is 32.2. The molecule has 0 aliphatic rings. The van der Waals surface area contributed by atoms with Crippen molar-refractivity contribution in [2.75, 3.05) is 21.1 Å². The van der Waals surface area contributed by atoms with Crippen molar-refractivity contribution in [3.8, 4) is 0 Å². The van der Waals surface area contributed by atoms with E-state index < -0.39 is 21.8 Å². The van der Waals surface area contributed by atoms with Crippen LogP contribution < -0.4 is 0 Å². The Bertz CT molecular complexity index is 865. The summed E-state index contributed by atoms with van der Waals surface area (Å²) in [7, 11) is 1.03. The molecule has 0 radical (unpaired) electrons. The number of benzene rings is 2. The minimum atomic E-state index is -4.41. The minimum Gasteiger partial charge on any atom is -0.298 e. The second-order valence-electron chi connectivity index (χ2n) is 6.26. The first-order chi connectivity index (χ1) is 12.0. The largest absolute Gasteiger partial charge is 0.416 e. The molecule has 0 saturated heterocycles. The van der Waals surface area contributed by atoms with Crippen LogP contribution in [-0.2, 0) is 29.3 Å². The highest BCUT2D eigenvalue weighted by Gasteiger charge is 2.33. The lowest BCUT2D eigenvalue weighted by Crippen LogP contribution is -2.23. The molecular weight excluding hydrogens is 365 g/mol. The van der Waals surface area contributed by atoms with E-state index in [4.69, 9.17) is 0 Å². The molecule has 0 spiro atoms. The van der Waals surface area contributed by atoms with Crippen molar-refractivity contribution in [2.45, 2.75) is 24.2 Å². The van der Waals surface area contributed by atoms with E-state index in [1.54, 1.807) is 36.2 Å². The molecule has 0 amide bonds. The van der Waals surface area contributed by atoms with Crippen molar-refractivity contribution in [2.24, 2.45) is 0 Å². The van der Waals surface area contributed by atoms with E-state index in [0.717, 1.165) is 10.4 Å². The Morgan fingerprint density at radius 1 is 0.923 bits per heavy atom. The number of sulfonamides is 1. The highest BCUT2D eigenvalue weighted by molar-refractivity contribution is 7.89. The molecule has 0 bridgehead atoms. The Labute approximate surface area is 151 Å². The average Bonchev–Trinajstić information content (AvgIpc) is 2.54. The molecule has 0 atom stereocenters. The fourth-order valence-corrected chi connectivity index (χ4v) is 3.58. The van der Waals surface area contributed by atoms with Gasteiger partial charge in [-0.05, 0) is 36.4 Å². The summed E-state index contributed by atoms with van der Waals surface area (Å²) in [4.78, 5) is 1.87. The molecule has 2 rings (SSSR count). The number of hydrogen-bond acceptors (Lipinski definition) is 3. The van der Waals surface area contributed by atoms with Crippen LogP contribution in [-0.4, -0.2) is 38.8 Å². The SMILES string of the molecule is CN(Cc1cccc(S(=O)(=O)N(C)C)c1)Cc1ccccc1C(F)(F)F. The molecule has 142 valence electrons. The second kappa shape index (κ2) is 7.77. The van der Waals surface area contributed by atoms with Crippen LogP contribution in [0.5, 0.6) is 0 Å². The molecule has 2 aromatic carbocycles. The van der Waals surface area contributed by atoms with Crippen molar-refractivity contribution < 1.29 is 21.6 Å². The normalized spacial score (nSPS) is 12.8. The van der Waals surface area contributed by atoms with Crippen molar-refractivity contribution >= 4 is 10.0 Å². The van der Waals surface area contributed by atoms with E-state index in [-0.39, 0.29) is 17.0 Å². The number of alkyl halides is 3. The predicted molar refractivity (Wildman–Crippen MR) is 93.9 cm³/mol. The third kappa shape index (κ3) is 4.84. The Morgan fingerprint density at radius 3 is 2.19 bits per heavy atom. The highest BCUT2D eigenvalue weighted by Crippen LogP contribution is 2.32. The maximum absolute atomic E-state index is 13.1. The zero-order valence-corrected chi connectivity index (χ0v) is 15.6. The van der Waals surface area contributed by atoms with Gasteiger partial charge in [0, 0.05) is 27.2 Å². The van der Waals surface area contributed by atoms with Crippen LogP contribution in [0.2, 0.25) is 0 Å². The number of rotatable bonds is 6. The molecule has 2 aromatic rings. The molecule has 0 unspecified atom stereocenters. The van der Waals surface area contributed by atoms with Gasteiger partial charge in [-0.2, -0.15) is 13.2 Å². The fourth-order valence-electron chi connectivity index (χ4n) is 2.61. The van der Waals surface area contributed by atoms with E-state index in [1.807, 2.05) is 0 Å². The average molecular weight is 386 g/mol. The Kier molecular flexibility index (Phi) is 6.10. The van der Waals surface area contributed by atoms with Crippen LogP contribution >= 0.6 is 0 Å². The fraction of sp³-hybridized carbons (Fsp3) is 0.333. The molecule has 26 heavy (non-hydrogen) atoms. The van der Waals surface area contributed by atoms with Crippen LogP contribution in [0.3, 0.4) is 0 Å². The summed E-state index contributed by atoms with van der Waals surface area (Å²) >= 11 is 0. The van der Waals surface area contributed by atoms with Gasteiger partial charge in [0.1, 0.15) is 0 Å². The first kappa shape index (κ1) is 20.4.